The Morgan fingerprint density at radius 1 is 1.20 bits per heavy atom. The smallest absolute Gasteiger partial charge is 0.269 e. The van der Waals surface area contributed by atoms with Crippen LogP contribution in [0.1, 0.15) is 5.56 Å². The fourth-order valence-electron chi connectivity index (χ4n) is 1.97. The van der Waals surface area contributed by atoms with E-state index in [-0.39, 0.29) is 5.69 Å². The quantitative estimate of drug-likeness (QED) is 0.583. The van der Waals surface area contributed by atoms with Gasteiger partial charge in [-0.05, 0) is 29.8 Å². The summed E-state index contributed by atoms with van der Waals surface area (Å²) in [4.78, 5) is 14.4. The SMILES string of the molecule is O=[N+]([O-])c1ccc(NCc2ccn3ccnc3c2)cc1. The lowest BCUT2D eigenvalue weighted by atomic mass is 10.2. The zero-order valence-corrected chi connectivity index (χ0v) is 10.6. The standard InChI is InChI=1S/C14H12N4O2/c19-18(20)13-3-1-12(2-4-13)16-10-11-5-7-17-8-6-15-14(17)9-11/h1-9,16H,10H2. The van der Waals surface area contributed by atoms with Gasteiger partial charge in [-0.25, -0.2) is 4.98 Å². The molecule has 20 heavy (non-hydrogen) atoms. The Bertz CT molecular complexity index is 749. The average molecular weight is 268 g/mol. The number of hydrogen-bond acceptors (Lipinski definition) is 4. The van der Waals surface area contributed by atoms with Gasteiger partial charge in [-0.1, -0.05) is 0 Å². The topological polar surface area (TPSA) is 72.5 Å². The zero-order valence-electron chi connectivity index (χ0n) is 10.6. The fourth-order valence-corrected chi connectivity index (χ4v) is 1.97. The van der Waals surface area contributed by atoms with E-state index >= 15 is 0 Å². The number of benzene rings is 1. The van der Waals surface area contributed by atoms with Crippen molar-refractivity contribution in [1.82, 2.24) is 9.38 Å². The molecule has 0 saturated heterocycles. The highest BCUT2D eigenvalue weighted by Gasteiger charge is 2.03. The summed E-state index contributed by atoms with van der Waals surface area (Å²) in [6.07, 6.45) is 5.60. The Labute approximate surface area is 114 Å². The largest absolute Gasteiger partial charge is 0.381 e. The molecule has 6 heteroatoms. The number of aromatic nitrogens is 2. The predicted molar refractivity (Wildman–Crippen MR) is 75.6 cm³/mol. The Morgan fingerprint density at radius 2 is 2.00 bits per heavy atom. The van der Waals surface area contributed by atoms with Crippen LogP contribution in [0.2, 0.25) is 0 Å². The van der Waals surface area contributed by atoms with E-state index < -0.39 is 4.92 Å². The van der Waals surface area contributed by atoms with E-state index in [4.69, 9.17) is 0 Å². The number of rotatable bonds is 4. The van der Waals surface area contributed by atoms with Crippen LogP contribution >= 0.6 is 0 Å². The van der Waals surface area contributed by atoms with Crippen LogP contribution in [0.3, 0.4) is 0 Å². The molecule has 100 valence electrons. The third-order valence-corrected chi connectivity index (χ3v) is 3.04. The minimum atomic E-state index is -0.407. The van der Waals surface area contributed by atoms with E-state index in [2.05, 4.69) is 10.3 Å². The maximum atomic E-state index is 10.6. The maximum Gasteiger partial charge on any atom is 0.269 e. The van der Waals surface area contributed by atoms with Gasteiger partial charge >= 0.3 is 0 Å². The van der Waals surface area contributed by atoms with Crippen molar-refractivity contribution in [3.63, 3.8) is 0 Å². The second-order valence-electron chi connectivity index (χ2n) is 4.39. The van der Waals surface area contributed by atoms with Crippen molar-refractivity contribution >= 4 is 17.0 Å². The first kappa shape index (κ1) is 12.2. The minimum Gasteiger partial charge on any atom is -0.381 e. The summed E-state index contributed by atoms with van der Waals surface area (Å²) in [7, 11) is 0. The molecule has 0 radical (unpaired) electrons. The van der Waals surface area contributed by atoms with Gasteiger partial charge in [0, 0.05) is 43.0 Å². The minimum absolute atomic E-state index is 0.0920. The molecule has 1 N–H and O–H groups in total. The number of nitro groups is 1. The highest BCUT2D eigenvalue weighted by atomic mass is 16.6. The van der Waals surface area contributed by atoms with E-state index in [1.165, 1.54) is 12.1 Å². The molecule has 0 aliphatic heterocycles. The molecule has 2 heterocycles. The lowest BCUT2D eigenvalue weighted by molar-refractivity contribution is -0.384. The fraction of sp³-hybridized carbons (Fsp3) is 0.0714. The molecule has 3 aromatic rings. The molecule has 0 spiro atoms. The van der Waals surface area contributed by atoms with Crippen LogP contribution in [-0.4, -0.2) is 14.3 Å². The molecule has 0 fully saturated rings. The second kappa shape index (κ2) is 5.00. The van der Waals surface area contributed by atoms with Gasteiger partial charge in [0.2, 0.25) is 0 Å². The first-order valence-electron chi connectivity index (χ1n) is 6.12. The summed E-state index contributed by atoms with van der Waals surface area (Å²) in [5, 5.41) is 13.8. The van der Waals surface area contributed by atoms with Gasteiger partial charge in [0.15, 0.2) is 0 Å². The van der Waals surface area contributed by atoms with Gasteiger partial charge in [0.05, 0.1) is 4.92 Å². The van der Waals surface area contributed by atoms with Crippen LogP contribution in [0.5, 0.6) is 0 Å². The molecular weight excluding hydrogens is 256 g/mol. The van der Waals surface area contributed by atoms with Gasteiger partial charge in [-0.15, -0.1) is 0 Å². The predicted octanol–water partition coefficient (Wildman–Crippen LogP) is 2.85. The van der Waals surface area contributed by atoms with Crippen molar-refractivity contribution in [2.45, 2.75) is 6.54 Å². The molecule has 0 saturated carbocycles. The van der Waals surface area contributed by atoms with Crippen LogP contribution in [-0.2, 0) is 6.54 Å². The Balaban J connectivity index is 1.70. The van der Waals surface area contributed by atoms with Gasteiger partial charge in [0.25, 0.3) is 5.69 Å². The van der Waals surface area contributed by atoms with Crippen molar-refractivity contribution in [2.24, 2.45) is 0 Å². The number of nitro benzene ring substituents is 1. The molecule has 0 aliphatic rings. The Hall–Kier alpha value is -2.89. The van der Waals surface area contributed by atoms with E-state index in [1.54, 1.807) is 18.3 Å². The lowest BCUT2D eigenvalue weighted by Gasteiger charge is -2.06. The van der Waals surface area contributed by atoms with Crippen molar-refractivity contribution in [3.05, 3.63) is 70.7 Å². The van der Waals surface area contributed by atoms with Crippen LogP contribution in [0, 0.1) is 10.1 Å². The number of nitrogens with one attached hydrogen (secondary N) is 1. The van der Waals surface area contributed by atoms with Gasteiger partial charge in [-0.3, -0.25) is 10.1 Å². The van der Waals surface area contributed by atoms with E-state index in [1.807, 2.05) is 28.9 Å². The molecule has 6 nitrogen and oxygen atoms in total. The third kappa shape index (κ3) is 2.44. The number of non-ortho nitro benzene ring substituents is 1. The van der Waals surface area contributed by atoms with Crippen molar-refractivity contribution in [2.75, 3.05) is 5.32 Å². The van der Waals surface area contributed by atoms with Crippen LogP contribution < -0.4 is 5.32 Å². The number of imidazole rings is 1. The highest BCUT2D eigenvalue weighted by Crippen LogP contribution is 2.16. The lowest BCUT2D eigenvalue weighted by Crippen LogP contribution is -2.00. The number of nitrogens with zero attached hydrogens (tertiary/aromatic N) is 3. The number of anilines is 1. The monoisotopic (exact) mass is 268 g/mol. The number of pyridine rings is 1. The molecule has 0 atom stereocenters. The molecule has 3 rings (SSSR count). The molecular formula is C14H12N4O2. The van der Waals surface area contributed by atoms with E-state index in [0.717, 1.165) is 16.9 Å². The normalized spacial score (nSPS) is 10.6. The second-order valence-corrected chi connectivity index (χ2v) is 4.39. The van der Waals surface area contributed by atoms with Crippen molar-refractivity contribution in [1.29, 1.82) is 0 Å². The molecule has 1 aromatic carbocycles. The van der Waals surface area contributed by atoms with Gasteiger partial charge in [0.1, 0.15) is 5.65 Å². The first-order valence-corrected chi connectivity index (χ1v) is 6.12. The molecule has 2 aromatic heterocycles. The maximum absolute atomic E-state index is 10.6. The highest BCUT2D eigenvalue weighted by molar-refractivity contribution is 5.49. The van der Waals surface area contributed by atoms with Crippen molar-refractivity contribution in [3.8, 4) is 0 Å². The summed E-state index contributed by atoms with van der Waals surface area (Å²) >= 11 is 0. The van der Waals surface area contributed by atoms with E-state index in [0.29, 0.717) is 6.54 Å². The molecule has 0 aliphatic carbocycles. The molecule has 0 unspecified atom stereocenters. The summed E-state index contributed by atoms with van der Waals surface area (Å²) in [6.45, 7) is 0.640. The number of fused-ring (bicyclic) bond motifs is 1. The Morgan fingerprint density at radius 3 is 2.75 bits per heavy atom. The summed E-state index contributed by atoms with van der Waals surface area (Å²) in [6, 6.07) is 10.4. The zero-order chi connectivity index (χ0) is 13.9. The molecule has 0 amide bonds. The van der Waals surface area contributed by atoms with Crippen LogP contribution in [0.25, 0.3) is 5.65 Å². The van der Waals surface area contributed by atoms with E-state index in [9.17, 15) is 10.1 Å². The molecule has 0 bridgehead atoms. The van der Waals surface area contributed by atoms with Gasteiger partial charge in [-0.2, -0.15) is 0 Å². The summed E-state index contributed by atoms with van der Waals surface area (Å²) in [5.74, 6) is 0. The summed E-state index contributed by atoms with van der Waals surface area (Å²) < 4.78 is 1.94. The summed E-state index contributed by atoms with van der Waals surface area (Å²) in [5.41, 5.74) is 2.93. The third-order valence-electron chi connectivity index (χ3n) is 3.04. The van der Waals surface area contributed by atoms with Crippen LogP contribution in [0.15, 0.2) is 55.0 Å². The van der Waals surface area contributed by atoms with Crippen molar-refractivity contribution < 1.29 is 4.92 Å². The number of hydrogen-bond donors (Lipinski definition) is 1. The first-order chi connectivity index (χ1) is 9.72. The van der Waals surface area contributed by atoms with Crippen LogP contribution in [0.4, 0.5) is 11.4 Å². The average Bonchev–Trinajstić information content (AvgIpc) is 2.93. The van der Waals surface area contributed by atoms with Gasteiger partial charge < -0.3 is 9.72 Å². The Kier molecular flexibility index (Phi) is 3.04.